The Labute approximate surface area is 104 Å². The largest absolute Gasteiger partial charge is 0.395 e. The van der Waals surface area contributed by atoms with Gasteiger partial charge in [-0.25, -0.2) is 0 Å². The van der Waals surface area contributed by atoms with E-state index >= 15 is 0 Å². The third-order valence-corrected chi connectivity index (χ3v) is 2.69. The summed E-state index contributed by atoms with van der Waals surface area (Å²) in [5.74, 6) is 0. The topological polar surface area (TPSA) is 41.3 Å². The van der Waals surface area contributed by atoms with E-state index in [1.54, 1.807) is 0 Å². The molecule has 98 valence electrons. The maximum absolute atomic E-state index is 9.01. The second-order valence-corrected chi connectivity index (χ2v) is 5.46. The zero-order valence-electron chi connectivity index (χ0n) is 11.5. The first kappa shape index (κ1) is 14.2. The second-order valence-electron chi connectivity index (χ2n) is 5.46. The fraction of sp³-hybridized carbons (Fsp3) is 0.769. The number of aromatic nitrogens is 2. The molecule has 1 aromatic heterocycles. The first-order valence-electron chi connectivity index (χ1n) is 6.34. The van der Waals surface area contributed by atoms with Crippen LogP contribution in [0.3, 0.4) is 0 Å². The Balaban J connectivity index is 2.63. The zero-order chi connectivity index (χ0) is 12.9. The predicted molar refractivity (Wildman–Crippen MR) is 69.9 cm³/mol. The monoisotopic (exact) mass is 239 g/mol. The Morgan fingerprint density at radius 1 is 1.35 bits per heavy atom. The molecule has 0 atom stereocenters. The average molecular weight is 239 g/mol. The highest BCUT2D eigenvalue weighted by atomic mass is 16.3. The summed E-state index contributed by atoms with van der Waals surface area (Å²) in [5.41, 5.74) is 1.24. The molecule has 0 fully saturated rings. The van der Waals surface area contributed by atoms with Crippen LogP contribution in [-0.4, -0.2) is 39.5 Å². The fourth-order valence-electron chi connectivity index (χ4n) is 1.79. The SMILES string of the molecule is CCCN(CCO)Cc1cnn(C(C)(C)C)c1. The van der Waals surface area contributed by atoms with Crippen LogP contribution in [0.1, 0.15) is 39.7 Å². The Hall–Kier alpha value is -0.870. The summed E-state index contributed by atoms with van der Waals surface area (Å²) < 4.78 is 1.99. The summed E-state index contributed by atoms with van der Waals surface area (Å²) >= 11 is 0. The van der Waals surface area contributed by atoms with Crippen LogP contribution in [0.25, 0.3) is 0 Å². The number of aliphatic hydroxyl groups excluding tert-OH is 1. The van der Waals surface area contributed by atoms with E-state index in [9.17, 15) is 0 Å². The molecule has 0 unspecified atom stereocenters. The van der Waals surface area contributed by atoms with E-state index in [1.807, 2.05) is 10.9 Å². The molecule has 0 saturated carbocycles. The molecule has 1 aromatic rings. The van der Waals surface area contributed by atoms with E-state index < -0.39 is 0 Å². The Morgan fingerprint density at radius 3 is 2.53 bits per heavy atom. The molecule has 0 aliphatic rings. The van der Waals surface area contributed by atoms with Crippen molar-refractivity contribution >= 4 is 0 Å². The predicted octanol–water partition coefficient (Wildman–Crippen LogP) is 1.84. The van der Waals surface area contributed by atoms with Crippen molar-refractivity contribution in [2.45, 2.75) is 46.2 Å². The highest BCUT2D eigenvalue weighted by Crippen LogP contribution is 2.14. The van der Waals surface area contributed by atoms with Gasteiger partial charge in [0.1, 0.15) is 0 Å². The summed E-state index contributed by atoms with van der Waals surface area (Å²) in [5, 5.41) is 13.4. The van der Waals surface area contributed by atoms with Crippen molar-refractivity contribution in [1.82, 2.24) is 14.7 Å². The molecule has 4 heteroatoms. The molecular formula is C13H25N3O. The molecule has 4 nitrogen and oxygen atoms in total. The molecule has 17 heavy (non-hydrogen) atoms. The summed E-state index contributed by atoms with van der Waals surface area (Å²) in [6.45, 7) is 11.4. The van der Waals surface area contributed by atoms with E-state index in [2.05, 4.69) is 43.9 Å². The third kappa shape index (κ3) is 4.48. The lowest BCUT2D eigenvalue weighted by molar-refractivity contribution is 0.190. The highest BCUT2D eigenvalue weighted by Gasteiger charge is 2.14. The number of aliphatic hydroxyl groups is 1. The zero-order valence-corrected chi connectivity index (χ0v) is 11.5. The minimum Gasteiger partial charge on any atom is -0.395 e. The van der Waals surface area contributed by atoms with Gasteiger partial charge in [-0.2, -0.15) is 5.10 Å². The van der Waals surface area contributed by atoms with Crippen molar-refractivity contribution in [1.29, 1.82) is 0 Å². The molecule has 1 rings (SSSR count). The van der Waals surface area contributed by atoms with Crippen LogP contribution in [0, 0.1) is 0 Å². The van der Waals surface area contributed by atoms with Gasteiger partial charge in [-0.15, -0.1) is 0 Å². The van der Waals surface area contributed by atoms with Gasteiger partial charge in [0, 0.05) is 24.8 Å². The van der Waals surface area contributed by atoms with E-state index in [0.717, 1.165) is 26.1 Å². The van der Waals surface area contributed by atoms with E-state index in [0.29, 0.717) is 0 Å². The van der Waals surface area contributed by atoms with Gasteiger partial charge in [0.2, 0.25) is 0 Å². The summed E-state index contributed by atoms with van der Waals surface area (Å²) in [6.07, 6.45) is 5.12. The molecule has 0 saturated heterocycles. The number of hydrogen-bond donors (Lipinski definition) is 1. The number of hydrogen-bond acceptors (Lipinski definition) is 3. The summed E-state index contributed by atoms with van der Waals surface area (Å²) in [6, 6.07) is 0. The van der Waals surface area contributed by atoms with Crippen molar-refractivity contribution in [3.05, 3.63) is 18.0 Å². The molecule has 0 bridgehead atoms. The molecule has 0 spiro atoms. The van der Waals surface area contributed by atoms with Gasteiger partial charge in [0.15, 0.2) is 0 Å². The van der Waals surface area contributed by atoms with Crippen LogP contribution in [0.5, 0.6) is 0 Å². The molecule has 0 radical (unpaired) electrons. The first-order valence-corrected chi connectivity index (χ1v) is 6.34. The Morgan fingerprint density at radius 2 is 2.06 bits per heavy atom. The van der Waals surface area contributed by atoms with Crippen LogP contribution < -0.4 is 0 Å². The third-order valence-electron chi connectivity index (χ3n) is 2.69. The number of nitrogens with zero attached hydrogens (tertiary/aromatic N) is 3. The maximum atomic E-state index is 9.01. The van der Waals surface area contributed by atoms with Gasteiger partial charge in [-0.1, -0.05) is 6.92 Å². The van der Waals surface area contributed by atoms with Crippen molar-refractivity contribution in [2.24, 2.45) is 0 Å². The van der Waals surface area contributed by atoms with Crippen molar-refractivity contribution in [3.8, 4) is 0 Å². The minimum atomic E-state index is 0.0326. The minimum absolute atomic E-state index is 0.0326. The molecule has 0 aliphatic heterocycles. The maximum Gasteiger partial charge on any atom is 0.0558 e. The van der Waals surface area contributed by atoms with Crippen LogP contribution in [0.4, 0.5) is 0 Å². The molecular weight excluding hydrogens is 214 g/mol. The van der Waals surface area contributed by atoms with Crippen LogP contribution in [-0.2, 0) is 12.1 Å². The quantitative estimate of drug-likeness (QED) is 0.823. The Kier molecular flexibility index (Phi) is 5.15. The van der Waals surface area contributed by atoms with Gasteiger partial charge in [0.25, 0.3) is 0 Å². The van der Waals surface area contributed by atoms with Crippen LogP contribution >= 0.6 is 0 Å². The van der Waals surface area contributed by atoms with Gasteiger partial charge in [-0.3, -0.25) is 9.58 Å². The summed E-state index contributed by atoms with van der Waals surface area (Å²) in [7, 11) is 0. The molecule has 1 N–H and O–H groups in total. The van der Waals surface area contributed by atoms with Gasteiger partial charge in [-0.05, 0) is 33.7 Å². The Bertz CT molecular complexity index is 322. The lowest BCUT2D eigenvalue weighted by Gasteiger charge is -2.20. The van der Waals surface area contributed by atoms with Crippen molar-refractivity contribution in [3.63, 3.8) is 0 Å². The molecule has 0 aromatic carbocycles. The smallest absolute Gasteiger partial charge is 0.0558 e. The van der Waals surface area contributed by atoms with E-state index in [4.69, 9.17) is 5.11 Å². The standard InChI is InChI=1S/C13H25N3O/c1-5-6-15(7-8-17)10-12-9-14-16(11-12)13(2,3)4/h9,11,17H,5-8,10H2,1-4H3. The lowest BCUT2D eigenvalue weighted by atomic mass is 10.1. The highest BCUT2D eigenvalue weighted by molar-refractivity contribution is 5.05. The van der Waals surface area contributed by atoms with Gasteiger partial charge >= 0.3 is 0 Å². The lowest BCUT2D eigenvalue weighted by Crippen LogP contribution is -2.27. The average Bonchev–Trinajstić information content (AvgIpc) is 2.66. The van der Waals surface area contributed by atoms with Crippen LogP contribution in [0.15, 0.2) is 12.4 Å². The van der Waals surface area contributed by atoms with Gasteiger partial charge in [0.05, 0.1) is 18.3 Å². The van der Waals surface area contributed by atoms with Crippen molar-refractivity contribution in [2.75, 3.05) is 19.7 Å². The van der Waals surface area contributed by atoms with Crippen LogP contribution in [0.2, 0.25) is 0 Å². The molecule has 0 aliphatic carbocycles. The van der Waals surface area contributed by atoms with E-state index in [-0.39, 0.29) is 12.1 Å². The number of rotatable bonds is 6. The van der Waals surface area contributed by atoms with Crippen molar-refractivity contribution < 1.29 is 5.11 Å². The van der Waals surface area contributed by atoms with Gasteiger partial charge < -0.3 is 5.11 Å². The van der Waals surface area contributed by atoms with E-state index in [1.165, 1.54) is 5.56 Å². The second kappa shape index (κ2) is 6.17. The molecule has 1 heterocycles. The first-order chi connectivity index (χ1) is 7.97. The molecule has 0 amide bonds. The normalized spacial score (nSPS) is 12.4. The summed E-state index contributed by atoms with van der Waals surface area (Å²) in [4.78, 5) is 2.25. The fourth-order valence-corrected chi connectivity index (χ4v) is 1.79.